The van der Waals surface area contributed by atoms with Crippen LogP contribution in [-0.2, 0) is 30.7 Å². The van der Waals surface area contributed by atoms with Crippen molar-refractivity contribution in [3.8, 4) is 0 Å². The summed E-state index contributed by atoms with van der Waals surface area (Å²) in [5.74, 6) is 3.55. The number of methoxy groups -OCH3 is 1. The van der Waals surface area contributed by atoms with E-state index in [0.29, 0.717) is 6.61 Å². The van der Waals surface area contributed by atoms with Crippen LogP contribution in [0.15, 0.2) is 29.4 Å². The molecule has 2 N–H and O–H groups in total. The van der Waals surface area contributed by atoms with Gasteiger partial charge in [-0.2, -0.15) is 5.10 Å². The Morgan fingerprint density at radius 1 is 1.34 bits per heavy atom. The lowest BCUT2D eigenvalue weighted by atomic mass is 10.1. The summed E-state index contributed by atoms with van der Waals surface area (Å²) in [5, 5.41) is 19.9. The number of fused-ring (bicyclic) bond motifs is 2. The van der Waals surface area contributed by atoms with Crippen LogP contribution in [0, 0.1) is 0 Å². The van der Waals surface area contributed by atoms with E-state index in [1.54, 1.807) is 14.2 Å². The minimum atomic E-state index is 0.270. The molecule has 154 valence electrons. The van der Waals surface area contributed by atoms with E-state index in [9.17, 15) is 0 Å². The zero-order chi connectivity index (χ0) is 20.1. The van der Waals surface area contributed by atoms with Crippen molar-refractivity contribution in [2.45, 2.75) is 44.9 Å². The van der Waals surface area contributed by atoms with E-state index in [1.807, 2.05) is 33.5 Å². The van der Waals surface area contributed by atoms with E-state index in [1.165, 1.54) is 0 Å². The minimum absolute atomic E-state index is 0.270. The van der Waals surface area contributed by atoms with Gasteiger partial charge in [0.2, 0.25) is 0 Å². The van der Waals surface area contributed by atoms with Crippen molar-refractivity contribution in [3.63, 3.8) is 0 Å². The van der Waals surface area contributed by atoms with Crippen molar-refractivity contribution >= 4 is 11.6 Å². The number of nitrogens with zero attached hydrogens (tertiary/aromatic N) is 7. The van der Waals surface area contributed by atoms with E-state index >= 15 is 0 Å². The molecule has 0 amide bonds. The van der Waals surface area contributed by atoms with Crippen molar-refractivity contribution in [1.29, 1.82) is 0 Å². The van der Waals surface area contributed by atoms with Crippen LogP contribution in [0.5, 0.6) is 0 Å². The van der Waals surface area contributed by atoms with Crippen LogP contribution in [0.25, 0.3) is 5.65 Å². The molecule has 0 fully saturated rings. The third kappa shape index (κ3) is 4.53. The maximum atomic E-state index is 5.13. The van der Waals surface area contributed by atoms with Gasteiger partial charge in [0.15, 0.2) is 17.4 Å². The molecule has 4 heterocycles. The Morgan fingerprint density at radius 2 is 2.28 bits per heavy atom. The fraction of sp³-hybridized carbons (Fsp3) is 0.526. The molecule has 3 aromatic rings. The number of aliphatic imine (C=N–C) groups is 1. The highest BCUT2D eigenvalue weighted by Gasteiger charge is 2.22. The third-order valence-corrected chi connectivity index (χ3v) is 4.99. The second-order valence-electron chi connectivity index (χ2n) is 7.09. The first-order chi connectivity index (χ1) is 14.3. The minimum Gasteiger partial charge on any atom is -0.377 e. The average molecular weight is 397 g/mol. The molecule has 0 saturated carbocycles. The van der Waals surface area contributed by atoms with Crippen LogP contribution in [0.1, 0.15) is 30.3 Å². The normalized spacial score (nSPS) is 16.8. The highest BCUT2D eigenvalue weighted by Crippen LogP contribution is 2.13. The summed E-state index contributed by atoms with van der Waals surface area (Å²) in [6.45, 7) is 2.03. The predicted molar refractivity (Wildman–Crippen MR) is 109 cm³/mol. The molecule has 4 rings (SSSR count). The Morgan fingerprint density at radius 3 is 3.14 bits per heavy atom. The quantitative estimate of drug-likeness (QED) is 0.341. The monoisotopic (exact) mass is 397 g/mol. The van der Waals surface area contributed by atoms with Gasteiger partial charge in [0.1, 0.15) is 18.3 Å². The summed E-state index contributed by atoms with van der Waals surface area (Å²) in [6, 6.07) is 6.19. The summed E-state index contributed by atoms with van der Waals surface area (Å²) >= 11 is 0. The first kappa shape index (κ1) is 19.3. The number of nitrogens with one attached hydrogen (secondary N) is 2. The fourth-order valence-corrected chi connectivity index (χ4v) is 3.57. The molecular formula is C19H27N9O. The first-order valence-corrected chi connectivity index (χ1v) is 9.94. The second kappa shape index (κ2) is 8.99. The molecule has 0 spiro atoms. The van der Waals surface area contributed by atoms with Crippen LogP contribution < -0.4 is 10.6 Å². The van der Waals surface area contributed by atoms with E-state index in [4.69, 9.17) is 4.74 Å². The van der Waals surface area contributed by atoms with Gasteiger partial charge in [-0.1, -0.05) is 6.07 Å². The van der Waals surface area contributed by atoms with Gasteiger partial charge in [0.25, 0.3) is 0 Å². The van der Waals surface area contributed by atoms with Crippen molar-refractivity contribution in [1.82, 2.24) is 40.0 Å². The molecule has 1 aliphatic heterocycles. The Bertz CT molecular complexity index is 977. The summed E-state index contributed by atoms with van der Waals surface area (Å²) in [4.78, 5) is 8.87. The van der Waals surface area contributed by atoms with Gasteiger partial charge >= 0.3 is 0 Å². The van der Waals surface area contributed by atoms with E-state index in [0.717, 1.165) is 67.9 Å². The zero-order valence-corrected chi connectivity index (χ0v) is 16.9. The predicted octanol–water partition coefficient (Wildman–Crippen LogP) is 0.580. The maximum Gasteiger partial charge on any atom is 0.191 e. The van der Waals surface area contributed by atoms with Crippen molar-refractivity contribution in [2.24, 2.45) is 4.99 Å². The van der Waals surface area contributed by atoms with Crippen LogP contribution >= 0.6 is 0 Å². The molecule has 1 atom stereocenters. The topological polar surface area (TPSA) is 107 Å². The number of guanidine groups is 1. The molecule has 10 heteroatoms. The van der Waals surface area contributed by atoms with Crippen LogP contribution in [0.4, 0.5) is 0 Å². The zero-order valence-electron chi connectivity index (χ0n) is 16.9. The lowest BCUT2D eigenvalue weighted by molar-refractivity contribution is 0.177. The van der Waals surface area contributed by atoms with Gasteiger partial charge in [-0.3, -0.25) is 9.39 Å². The number of pyridine rings is 1. The molecule has 1 aliphatic rings. The highest BCUT2D eigenvalue weighted by atomic mass is 16.5. The molecule has 0 aliphatic carbocycles. The van der Waals surface area contributed by atoms with Gasteiger partial charge in [-0.05, 0) is 25.0 Å². The molecule has 0 radical (unpaired) electrons. The van der Waals surface area contributed by atoms with Gasteiger partial charge in [-0.15, -0.1) is 10.2 Å². The van der Waals surface area contributed by atoms with Crippen molar-refractivity contribution in [3.05, 3.63) is 41.9 Å². The number of hydrogen-bond acceptors (Lipinski definition) is 6. The van der Waals surface area contributed by atoms with Crippen molar-refractivity contribution < 1.29 is 4.74 Å². The number of aromatic nitrogens is 6. The van der Waals surface area contributed by atoms with Gasteiger partial charge < -0.3 is 15.4 Å². The van der Waals surface area contributed by atoms with E-state index < -0.39 is 0 Å². The fourth-order valence-electron chi connectivity index (χ4n) is 3.57. The maximum absolute atomic E-state index is 5.13. The van der Waals surface area contributed by atoms with E-state index in [2.05, 4.69) is 35.9 Å². The van der Waals surface area contributed by atoms with Gasteiger partial charge in [0, 0.05) is 45.8 Å². The smallest absolute Gasteiger partial charge is 0.191 e. The molecule has 0 aromatic carbocycles. The Labute approximate surface area is 169 Å². The number of aryl methyl sites for hydroxylation is 2. The number of hydrogen-bond donors (Lipinski definition) is 2. The summed E-state index contributed by atoms with van der Waals surface area (Å²) in [6.07, 6.45) is 5.68. The Kier molecular flexibility index (Phi) is 5.99. The average Bonchev–Trinajstić information content (AvgIpc) is 3.33. The lowest BCUT2D eigenvalue weighted by Gasteiger charge is -2.25. The van der Waals surface area contributed by atoms with Crippen molar-refractivity contribution in [2.75, 3.05) is 20.7 Å². The summed E-state index contributed by atoms with van der Waals surface area (Å²) in [7, 11) is 3.45. The number of ether oxygens (including phenoxy) is 1. The standard InChI is InChI=1S/C19H27N9O/c1-20-19(21-10-5-7-18-25-24-17-6-3-4-11-27(17)18)22-14-8-9-16-23-15(13-29-2)26-28(16)12-14/h3-4,6,11,14H,5,7-10,12-13H2,1-2H3,(H2,20,21,22). The second-order valence-corrected chi connectivity index (χ2v) is 7.09. The largest absolute Gasteiger partial charge is 0.377 e. The summed E-state index contributed by atoms with van der Waals surface area (Å²) in [5.41, 5.74) is 0.881. The first-order valence-electron chi connectivity index (χ1n) is 9.94. The molecule has 0 saturated heterocycles. The van der Waals surface area contributed by atoms with Crippen LogP contribution in [0.3, 0.4) is 0 Å². The Hall–Kier alpha value is -3.01. The molecular weight excluding hydrogens is 370 g/mol. The number of rotatable bonds is 7. The van der Waals surface area contributed by atoms with Gasteiger partial charge in [0.05, 0.1) is 6.54 Å². The molecule has 10 nitrogen and oxygen atoms in total. The Balaban J connectivity index is 1.24. The lowest BCUT2D eigenvalue weighted by Crippen LogP contribution is -2.47. The van der Waals surface area contributed by atoms with E-state index in [-0.39, 0.29) is 6.04 Å². The van der Waals surface area contributed by atoms with Crippen LogP contribution in [-0.4, -0.2) is 62.1 Å². The SMILES string of the molecule is CN=C(NCCCc1nnc2ccccn12)NC1CCc2nc(COC)nn2C1. The molecule has 3 aromatic heterocycles. The molecule has 0 bridgehead atoms. The summed E-state index contributed by atoms with van der Waals surface area (Å²) < 4.78 is 9.13. The third-order valence-electron chi connectivity index (χ3n) is 4.99. The van der Waals surface area contributed by atoms with Crippen LogP contribution in [0.2, 0.25) is 0 Å². The van der Waals surface area contributed by atoms with Gasteiger partial charge in [-0.25, -0.2) is 9.67 Å². The molecule has 1 unspecified atom stereocenters. The molecule has 29 heavy (non-hydrogen) atoms. The highest BCUT2D eigenvalue weighted by molar-refractivity contribution is 5.79.